The van der Waals surface area contributed by atoms with E-state index in [2.05, 4.69) is 0 Å². The van der Waals surface area contributed by atoms with Crippen molar-refractivity contribution in [3.05, 3.63) is 39.9 Å². The van der Waals surface area contributed by atoms with Crippen LogP contribution < -0.4 is 0 Å². The molecule has 1 amide bonds. The highest BCUT2D eigenvalue weighted by Gasteiger charge is 2.28. The van der Waals surface area contributed by atoms with Gasteiger partial charge in [-0.15, -0.1) is 0 Å². The van der Waals surface area contributed by atoms with Crippen molar-refractivity contribution >= 4 is 11.6 Å². The maximum atomic E-state index is 12.3. The number of rotatable bonds is 3. The van der Waals surface area contributed by atoms with Crippen LogP contribution in [-0.4, -0.2) is 52.7 Å². The van der Waals surface area contributed by atoms with E-state index in [9.17, 15) is 14.9 Å². The van der Waals surface area contributed by atoms with E-state index in [4.69, 9.17) is 9.84 Å². The fourth-order valence-corrected chi connectivity index (χ4v) is 2.22. The molecule has 0 saturated carbocycles. The van der Waals surface area contributed by atoms with E-state index in [0.29, 0.717) is 18.7 Å². The normalized spacial score (nSPS) is 22.6. The Morgan fingerprint density at radius 1 is 1.45 bits per heavy atom. The highest BCUT2D eigenvalue weighted by molar-refractivity contribution is 5.94. The summed E-state index contributed by atoms with van der Waals surface area (Å²) in [5, 5.41) is 19.7. The summed E-state index contributed by atoms with van der Waals surface area (Å²) in [5.74, 6) is -0.214. The van der Waals surface area contributed by atoms with Crippen LogP contribution in [0.2, 0.25) is 0 Å². The molecule has 0 spiro atoms. The summed E-state index contributed by atoms with van der Waals surface area (Å²) in [5.41, 5.74) is 0.339. The van der Waals surface area contributed by atoms with E-state index < -0.39 is 4.92 Å². The van der Waals surface area contributed by atoms with Gasteiger partial charge in [-0.1, -0.05) is 0 Å². The lowest BCUT2D eigenvalue weighted by molar-refractivity contribution is -0.384. The second-order valence-electron chi connectivity index (χ2n) is 4.77. The van der Waals surface area contributed by atoms with E-state index in [1.54, 1.807) is 4.90 Å². The summed E-state index contributed by atoms with van der Waals surface area (Å²) in [6.07, 6.45) is -0.538. The molecule has 1 heterocycles. The predicted molar refractivity (Wildman–Crippen MR) is 70.4 cm³/mol. The van der Waals surface area contributed by atoms with Crippen molar-refractivity contribution < 1.29 is 19.6 Å². The number of aliphatic hydroxyl groups is 1. The van der Waals surface area contributed by atoms with Gasteiger partial charge >= 0.3 is 0 Å². The molecule has 1 saturated heterocycles. The quantitative estimate of drug-likeness (QED) is 0.653. The second-order valence-corrected chi connectivity index (χ2v) is 4.77. The van der Waals surface area contributed by atoms with E-state index >= 15 is 0 Å². The fourth-order valence-electron chi connectivity index (χ4n) is 2.22. The lowest BCUT2D eigenvalue weighted by atomic mass is 10.1. The lowest BCUT2D eigenvalue weighted by Gasteiger charge is -2.36. The number of nitro benzene ring substituents is 1. The van der Waals surface area contributed by atoms with Gasteiger partial charge in [0.2, 0.25) is 0 Å². The van der Waals surface area contributed by atoms with Crippen molar-refractivity contribution in [3.8, 4) is 0 Å². The number of carbonyl (C=O) groups excluding carboxylic acids is 1. The number of ether oxygens (including phenoxy) is 1. The summed E-state index contributed by atoms with van der Waals surface area (Å²) in [4.78, 5) is 24.0. The fraction of sp³-hybridized carbons (Fsp3) is 0.462. The number of non-ortho nitro benzene ring substituents is 1. The van der Waals surface area contributed by atoms with Gasteiger partial charge in [-0.25, -0.2) is 0 Å². The Bertz CT molecular complexity index is 502. The third-order valence-electron chi connectivity index (χ3n) is 3.14. The van der Waals surface area contributed by atoms with Gasteiger partial charge < -0.3 is 14.7 Å². The molecular formula is C13H16N2O5. The SMILES string of the molecule is CC1CN(C(=O)c2ccc([N+](=O)[O-])cc2)CC(CO)O1. The molecule has 108 valence electrons. The van der Waals surface area contributed by atoms with Crippen LogP contribution in [0.3, 0.4) is 0 Å². The minimum Gasteiger partial charge on any atom is -0.394 e. The molecule has 2 atom stereocenters. The first-order valence-electron chi connectivity index (χ1n) is 6.31. The molecular weight excluding hydrogens is 264 g/mol. The lowest BCUT2D eigenvalue weighted by Crippen LogP contribution is -2.50. The van der Waals surface area contributed by atoms with Gasteiger partial charge in [0, 0.05) is 30.8 Å². The summed E-state index contributed by atoms with van der Waals surface area (Å²) in [6, 6.07) is 5.49. The topological polar surface area (TPSA) is 92.9 Å². The number of nitro groups is 1. The molecule has 2 rings (SSSR count). The predicted octanol–water partition coefficient (Wildman–Crippen LogP) is 0.817. The maximum Gasteiger partial charge on any atom is 0.269 e. The Hall–Kier alpha value is -1.99. The third kappa shape index (κ3) is 3.12. The Morgan fingerprint density at radius 3 is 2.65 bits per heavy atom. The van der Waals surface area contributed by atoms with Crippen LogP contribution in [0, 0.1) is 10.1 Å². The molecule has 1 aromatic rings. The van der Waals surface area contributed by atoms with Crippen molar-refractivity contribution in [2.24, 2.45) is 0 Å². The van der Waals surface area contributed by atoms with E-state index in [1.807, 2.05) is 6.92 Å². The molecule has 20 heavy (non-hydrogen) atoms. The maximum absolute atomic E-state index is 12.3. The van der Waals surface area contributed by atoms with Gasteiger partial charge in [-0.2, -0.15) is 0 Å². The summed E-state index contributed by atoms with van der Waals surface area (Å²) >= 11 is 0. The van der Waals surface area contributed by atoms with Crippen LogP contribution in [0.25, 0.3) is 0 Å². The van der Waals surface area contributed by atoms with Gasteiger partial charge in [-0.3, -0.25) is 14.9 Å². The minimum atomic E-state index is -0.507. The zero-order valence-corrected chi connectivity index (χ0v) is 11.1. The van der Waals surface area contributed by atoms with Crippen molar-refractivity contribution in [3.63, 3.8) is 0 Å². The summed E-state index contributed by atoms with van der Waals surface area (Å²) in [6.45, 7) is 2.44. The highest BCUT2D eigenvalue weighted by atomic mass is 16.6. The first-order chi connectivity index (χ1) is 9.51. The molecule has 1 aliphatic rings. The molecule has 7 heteroatoms. The zero-order chi connectivity index (χ0) is 14.7. The van der Waals surface area contributed by atoms with Crippen molar-refractivity contribution in [1.29, 1.82) is 0 Å². The largest absolute Gasteiger partial charge is 0.394 e. The molecule has 0 aromatic heterocycles. The smallest absolute Gasteiger partial charge is 0.269 e. The molecule has 0 radical (unpaired) electrons. The molecule has 1 fully saturated rings. The summed E-state index contributed by atoms with van der Waals surface area (Å²) < 4.78 is 5.47. The minimum absolute atomic E-state index is 0.0508. The average Bonchev–Trinajstić information content (AvgIpc) is 2.45. The van der Waals surface area contributed by atoms with Gasteiger partial charge in [0.25, 0.3) is 11.6 Å². The Labute approximate surface area is 115 Å². The third-order valence-corrected chi connectivity index (χ3v) is 3.14. The zero-order valence-electron chi connectivity index (χ0n) is 11.1. The number of benzene rings is 1. The highest BCUT2D eigenvalue weighted by Crippen LogP contribution is 2.17. The molecule has 2 unspecified atom stereocenters. The van der Waals surface area contributed by atoms with E-state index in [-0.39, 0.29) is 30.4 Å². The number of hydrogen-bond donors (Lipinski definition) is 1. The molecule has 1 aliphatic heterocycles. The second kappa shape index (κ2) is 5.98. The van der Waals surface area contributed by atoms with Gasteiger partial charge in [0.1, 0.15) is 0 Å². The molecule has 1 N–H and O–H groups in total. The van der Waals surface area contributed by atoms with Crippen LogP contribution in [0.4, 0.5) is 5.69 Å². The Kier molecular flexibility index (Phi) is 4.31. The first-order valence-corrected chi connectivity index (χ1v) is 6.31. The molecule has 7 nitrogen and oxygen atoms in total. The van der Waals surface area contributed by atoms with Crippen LogP contribution in [0.1, 0.15) is 17.3 Å². The van der Waals surface area contributed by atoms with Crippen molar-refractivity contribution in [2.45, 2.75) is 19.1 Å². The molecule has 1 aromatic carbocycles. The average molecular weight is 280 g/mol. The number of nitrogens with zero attached hydrogens (tertiary/aromatic N) is 2. The molecule has 0 aliphatic carbocycles. The standard InChI is InChI=1S/C13H16N2O5/c1-9-6-14(7-12(8-16)20-9)13(17)10-2-4-11(5-3-10)15(18)19/h2-5,9,12,16H,6-8H2,1H3. The van der Waals surface area contributed by atoms with Gasteiger partial charge in [-0.05, 0) is 19.1 Å². The Morgan fingerprint density at radius 2 is 2.10 bits per heavy atom. The van der Waals surface area contributed by atoms with E-state index in [0.717, 1.165) is 0 Å². The van der Waals surface area contributed by atoms with Crippen molar-refractivity contribution in [2.75, 3.05) is 19.7 Å². The van der Waals surface area contributed by atoms with Gasteiger partial charge in [0.05, 0.1) is 23.7 Å². The number of morpholine rings is 1. The van der Waals surface area contributed by atoms with Crippen LogP contribution >= 0.6 is 0 Å². The summed E-state index contributed by atoms with van der Waals surface area (Å²) in [7, 11) is 0. The van der Waals surface area contributed by atoms with E-state index in [1.165, 1.54) is 24.3 Å². The number of hydrogen-bond acceptors (Lipinski definition) is 5. The van der Waals surface area contributed by atoms with Gasteiger partial charge in [0.15, 0.2) is 0 Å². The number of amides is 1. The first kappa shape index (κ1) is 14.4. The van der Waals surface area contributed by atoms with Crippen molar-refractivity contribution in [1.82, 2.24) is 4.90 Å². The van der Waals surface area contributed by atoms with Crippen LogP contribution in [0.15, 0.2) is 24.3 Å². The Balaban J connectivity index is 2.11. The monoisotopic (exact) mass is 280 g/mol. The number of carbonyl (C=O) groups is 1. The van der Waals surface area contributed by atoms with Crippen LogP contribution in [0.5, 0.6) is 0 Å². The van der Waals surface area contributed by atoms with Crippen LogP contribution in [-0.2, 0) is 4.74 Å². The molecule has 0 bridgehead atoms. The number of aliphatic hydroxyl groups excluding tert-OH is 1.